The van der Waals surface area contributed by atoms with Gasteiger partial charge in [-0.1, -0.05) is 24.3 Å². The predicted molar refractivity (Wildman–Crippen MR) is 158 cm³/mol. The summed E-state index contributed by atoms with van der Waals surface area (Å²) in [6, 6.07) is 14.8. The summed E-state index contributed by atoms with van der Waals surface area (Å²) in [6.07, 6.45) is 0. The largest absolute Gasteiger partial charge is 0.314 e. The van der Waals surface area contributed by atoms with Crippen molar-refractivity contribution in [1.29, 1.82) is 0 Å². The zero-order valence-corrected chi connectivity index (χ0v) is 23.1. The summed E-state index contributed by atoms with van der Waals surface area (Å²) < 4.78 is 0. The number of amides is 4. The Morgan fingerprint density at radius 2 is 0.932 bits per heavy atom. The van der Waals surface area contributed by atoms with Crippen molar-refractivity contribution in [3.05, 3.63) is 103 Å². The number of nitrogens with one attached hydrogen (secondary N) is 2. The molecule has 0 radical (unpaired) electrons. The Balaban J connectivity index is 1.01. The number of carbonyl (C=O) groups excluding carboxylic acids is 4. The van der Waals surface area contributed by atoms with Crippen LogP contribution in [0.1, 0.15) is 41.4 Å². The molecule has 4 amide bonds. The molecule has 2 heterocycles. The summed E-state index contributed by atoms with van der Waals surface area (Å²) in [6.45, 7) is 1.49. The van der Waals surface area contributed by atoms with Gasteiger partial charge in [0.2, 0.25) is 0 Å². The summed E-state index contributed by atoms with van der Waals surface area (Å²) in [5.41, 5.74) is 0.384. The van der Waals surface area contributed by atoms with E-state index in [2.05, 4.69) is 10.6 Å². The minimum atomic E-state index is -0.596. The van der Waals surface area contributed by atoms with E-state index in [1.54, 1.807) is 36.4 Å². The molecule has 2 aliphatic heterocycles. The zero-order chi connectivity index (χ0) is 31.1. The maximum absolute atomic E-state index is 13.1. The standard InChI is InChI=1S/C30H24N6O8/c37-27-21-5-1-3-17-13-19(35(41)42)15-23(25(17)21)29(39)33(27)11-9-31-7-8-32-10-12-34-28(38)22-6-2-4-18-14-20(36(43)44)16-24(26(18)22)30(34)40/h1-6,13-16,31-32H,7-12H2. The van der Waals surface area contributed by atoms with Gasteiger partial charge in [-0.2, -0.15) is 0 Å². The maximum Gasteiger partial charge on any atom is 0.270 e. The van der Waals surface area contributed by atoms with Crippen molar-refractivity contribution in [2.24, 2.45) is 0 Å². The lowest BCUT2D eigenvalue weighted by molar-refractivity contribution is -0.384. The van der Waals surface area contributed by atoms with Gasteiger partial charge in [0.15, 0.2) is 0 Å². The van der Waals surface area contributed by atoms with Crippen molar-refractivity contribution in [2.45, 2.75) is 0 Å². The molecule has 44 heavy (non-hydrogen) atoms. The summed E-state index contributed by atoms with van der Waals surface area (Å²) >= 11 is 0. The minimum absolute atomic E-state index is 0.0457. The number of nitrogens with zero attached hydrogens (tertiary/aromatic N) is 4. The smallest absolute Gasteiger partial charge is 0.270 e. The summed E-state index contributed by atoms with van der Waals surface area (Å²) in [4.78, 5) is 76.1. The number of hydrogen-bond acceptors (Lipinski definition) is 10. The number of rotatable bonds is 11. The van der Waals surface area contributed by atoms with E-state index >= 15 is 0 Å². The first-order chi connectivity index (χ1) is 21.2. The molecule has 0 aromatic heterocycles. The van der Waals surface area contributed by atoms with Crippen LogP contribution in [0, 0.1) is 20.2 Å². The molecular weight excluding hydrogens is 572 g/mol. The second-order valence-corrected chi connectivity index (χ2v) is 10.3. The lowest BCUT2D eigenvalue weighted by atomic mass is 9.93. The Morgan fingerprint density at radius 1 is 0.545 bits per heavy atom. The van der Waals surface area contributed by atoms with Crippen LogP contribution in [0.25, 0.3) is 21.5 Å². The SMILES string of the molecule is O=C1c2cccc3cc([N+](=O)[O-])cc(c23)C(=O)N1CCNCCNCCN1C(=O)c2cccc3cc([N+](=O)[O-])cc(c23)C1=O. The zero-order valence-electron chi connectivity index (χ0n) is 23.1. The third-order valence-electron chi connectivity index (χ3n) is 7.75. The van der Waals surface area contributed by atoms with Crippen LogP contribution in [0.3, 0.4) is 0 Å². The Hall–Kier alpha value is -5.60. The van der Waals surface area contributed by atoms with E-state index in [0.717, 1.165) is 9.80 Å². The fraction of sp³-hybridized carbons (Fsp3) is 0.200. The Kier molecular flexibility index (Phi) is 7.28. The van der Waals surface area contributed by atoms with Crippen molar-refractivity contribution >= 4 is 56.5 Å². The van der Waals surface area contributed by atoms with Crippen molar-refractivity contribution in [3.63, 3.8) is 0 Å². The number of hydrogen-bond donors (Lipinski definition) is 2. The number of non-ortho nitro benzene ring substituents is 2. The van der Waals surface area contributed by atoms with Gasteiger partial charge in [0, 0.05) is 85.4 Å². The predicted octanol–water partition coefficient (Wildman–Crippen LogP) is 2.88. The topological polar surface area (TPSA) is 185 Å². The van der Waals surface area contributed by atoms with Gasteiger partial charge in [0.05, 0.1) is 21.0 Å². The molecule has 0 spiro atoms. The van der Waals surface area contributed by atoms with Crippen molar-refractivity contribution in [1.82, 2.24) is 20.4 Å². The number of carbonyl (C=O) groups is 4. The molecule has 14 heteroatoms. The van der Waals surface area contributed by atoms with Gasteiger partial charge in [-0.15, -0.1) is 0 Å². The van der Waals surface area contributed by atoms with E-state index in [0.29, 0.717) is 45.8 Å². The van der Waals surface area contributed by atoms with E-state index in [1.165, 1.54) is 24.3 Å². The molecule has 2 N–H and O–H groups in total. The van der Waals surface area contributed by atoms with Gasteiger partial charge in [-0.05, 0) is 22.9 Å². The number of nitro groups is 2. The average Bonchev–Trinajstić information content (AvgIpc) is 3.01. The van der Waals surface area contributed by atoms with Crippen LogP contribution in [0.4, 0.5) is 11.4 Å². The second kappa shape index (κ2) is 11.2. The fourth-order valence-electron chi connectivity index (χ4n) is 5.71. The quantitative estimate of drug-likeness (QED) is 0.113. The molecule has 6 rings (SSSR count). The molecule has 0 bridgehead atoms. The molecule has 0 aliphatic carbocycles. The van der Waals surface area contributed by atoms with Crippen molar-refractivity contribution < 1.29 is 29.0 Å². The van der Waals surface area contributed by atoms with Gasteiger partial charge in [-0.25, -0.2) is 0 Å². The molecule has 0 saturated carbocycles. The highest BCUT2D eigenvalue weighted by Crippen LogP contribution is 2.34. The van der Waals surface area contributed by atoms with Crippen LogP contribution in [-0.4, -0.2) is 82.5 Å². The van der Waals surface area contributed by atoms with Crippen LogP contribution in [0.15, 0.2) is 60.7 Å². The first-order valence-corrected chi connectivity index (χ1v) is 13.7. The molecule has 0 atom stereocenters. The van der Waals surface area contributed by atoms with Crippen LogP contribution >= 0.6 is 0 Å². The molecule has 2 aliphatic rings. The molecule has 0 saturated heterocycles. The van der Waals surface area contributed by atoms with Gasteiger partial charge in [0.25, 0.3) is 35.0 Å². The van der Waals surface area contributed by atoms with Gasteiger partial charge in [0.1, 0.15) is 0 Å². The van der Waals surface area contributed by atoms with Crippen molar-refractivity contribution in [3.8, 4) is 0 Å². The van der Waals surface area contributed by atoms with E-state index in [1.807, 2.05) is 0 Å². The summed E-state index contributed by atoms with van der Waals surface area (Å²) in [5, 5.41) is 30.7. The van der Waals surface area contributed by atoms with E-state index in [-0.39, 0.29) is 48.7 Å². The minimum Gasteiger partial charge on any atom is -0.314 e. The van der Waals surface area contributed by atoms with E-state index < -0.39 is 33.5 Å². The third kappa shape index (κ3) is 4.81. The average molecular weight is 597 g/mol. The molecule has 0 fully saturated rings. The number of benzene rings is 4. The first-order valence-electron chi connectivity index (χ1n) is 13.7. The monoisotopic (exact) mass is 596 g/mol. The molecule has 4 aromatic rings. The molecule has 222 valence electrons. The fourth-order valence-corrected chi connectivity index (χ4v) is 5.71. The van der Waals surface area contributed by atoms with Crippen LogP contribution < -0.4 is 10.6 Å². The first kappa shape index (κ1) is 28.5. The highest BCUT2D eigenvalue weighted by molar-refractivity contribution is 6.26. The second-order valence-electron chi connectivity index (χ2n) is 10.3. The van der Waals surface area contributed by atoms with Crippen LogP contribution in [0.5, 0.6) is 0 Å². The van der Waals surface area contributed by atoms with Crippen LogP contribution in [-0.2, 0) is 0 Å². The third-order valence-corrected chi connectivity index (χ3v) is 7.75. The van der Waals surface area contributed by atoms with Gasteiger partial charge in [-0.3, -0.25) is 49.2 Å². The van der Waals surface area contributed by atoms with Gasteiger partial charge < -0.3 is 10.6 Å². The van der Waals surface area contributed by atoms with Crippen LogP contribution in [0.2, 0.25) is 0 Å². The summed E-state index contributed by atoms with van der Waals surface area (Å²) in [5.74, 6) is -2.14. The van der Waals surface area contributed by atoms with Gasteiger partial charge >= 0.3 is 0 Å². The van der Waals surface area contributed by atoms with Crippen molar-refractivity contribution in [2.75, 3.05) is 39.3 Å². The molecule has 0 unspecified atom stereocenters. The van der Waals surface area contributed by atoms with E-state index in [4.69, 9.17) is 0 Å². The molecular formula is C30H24N6O8. The number of imide groups is 2. The molecule has 14 nitrogen and oxygen atoms in total. The van der Waals surface area contributed by atoms with E-state index in [9.17, 15) is 39.4 Å². The Morgan fingerprint density at radius 3 is 1.32 bits per heavy atom. The molecule has 4 aromatic carbocycles. The normalized spacial score (nSPS) is 14.2. The number of nitro benzene ring substituents is 2. The highest BCUT2D eigenvalue weighted by Gasteiger charge is 2.35. The Bertz CT molecular complexity index is 1800. The summed E-state index contributed by atoms with van der Waals surface area (Å²) in [7, 11) is 0. The lowest BCUT2D eigenvalue weighted by Gasteiger charge is -2.27. The highest BCUT2D eigenvalue weighted by atomic mass is 16.6. The Labute approximate surface area is 248 Å². The lowest BCUT2D eigenvalue weighted by Crippen LogP contribution is -2.45. The maximum atomic E-state index is 13.1.